The fourth-order valence-electron chi connectivity index (χ4n) is 2.94. The second-order valence-corrected chi connectivity index (χ2v) is 8.14. The smallest absolute Gasteiger partial charge is 0.262 e. The van der Waals surface area contributed by atoms with Crippen molar-refractivity contribution >= 4 is 38.6 Å². The third-order valence-electron chi connectivity index (χ3n) is 4.26. The van der Waals surface area contributed by atoms with Crippen molar-refractivity contribution in [2.24, 2.45) is 0 Å². The molecule has 0 N–H and O–H groups in total. The molecule has 0 bridgehead atoms. The number of oxazole rings is 1. The molecule has 142 valence electrons. The maximum atomic E-state index is 12.9. The van der Waals surface area contributed by atoms with E-state index >= 15 is 0 Å². The molecule has 2 heterocycles. The quantitative estimate of drug-likeness (QED) is 0.283. The van der Waals surface area contributed by atoms with Crippen LogP contribution >= 0.6 is 27.7 Å². The predicted molar refractivity (Wildman–Crippen MR) is 115 cm³/mol. The average molecular weight is 456 g/mol. The monoisotopic (exact) mass is 455 g/mol. The van der Waals surface area contributed by atoms with Crippen molar-refractivity contribution < 1.29 is 4.42 Å². The lowest BCUT2D eigenvalue weighted by molar-refractivity contribution is 0.528. The molecule has 0 amide bonds. The van der Waals surface area contributed by atoms with Gasteiger partial charge in [0, 0.05) is 16.6 Å². The van der Waals surface area contributed by atoms with Crippen molar-refractivity contribution in [1.29, 1.82) is 0 Å². The summed E-state index contributed by atoms with van der Waals surface area (Å²) in [7, 11) is 0. The van der Waals surface area contributed by atoms with E-state index in [1.165, 1.54) is 11.8 Å². The number of benzene rings is 2. The number of hydrogen-bond donors (Lipinski definition) is 0. The maximum Gasteiger partial charge on any atom is 0.262 e. The van der Waals surface area contributed by atoms with Gasteiger partial charge in [-0.1, -0.05) is 64.9 Å². The van der Waals surface area contributed by atoms with Gasteiger partial charge < -0.3 is 4.42 Å². The number of rotatable bonds is 6. The summed E-state index contributed by atoms with van der Waals surface area (Å²) < 4.78 is 8.48. The minimum Gasteiger partial charge on any atom is -0.440 e. The molecule has 4 rings (SSSR count). The van der Waals surface area contributed by atoms with E-state index < -0.39 is 0 Å². The molecule has 0 atom stereocenters. The fourth-order valence-corrected chi connectivity index (χ4v) is 4.18. The second-order valence-electron chi connectivity index (χ2n) is 6.29. The summed E-state index contributed by atoms with van der Waals surface area (Å²) in [6.45, 7) is 2.67. The van der Waals surface area contributed by atoms with Gasteiger partial charge in [-0.15, -0.1) is 0 Å². The van der Waals surface area contributed by atoms with Crippen LogP contribution in [0.2, 0.25) is 0 Å². The molecule has 0 saturated carbocycles. The summed E-state index contributed by atoms with van der Waals surface area (Å²) in [6, 6.07) is 15.4. The Kier molecular flexibility index (Phi) is 5.64. The summed E-state index contributed by atoms with van der Waals surface area (Å²) in [4.78, 5) is 22.0. The lowest BCUT2D eigenvalue weighted by atomic mass is 10.2. The molecule has 0 aliphatic heterocycles. The molecule has 4 aromatic rings. The first-order chi connectivity index (χ1) is 13.7. The van der Waals surface area contributed by atoms with Crippen LogP contribution in [0.15, 0.2) is 73.6 Å². The Labute approximate surface area is 175 Å². The van der Waals surface area contributed by atoms with Gasteiger partial charge in [-0.05, 0) is 24.6 Å². The summed E-state index contributed by atoms with van der Waals surface area (Å²) in [5, 5.41) is 1.30. The zero-order valence-corrected chi connectivity index (χ0v) is 17.7. The van der Waals surface area contributed by atoms with Crippen LogP contribution in [0.4, 0.5) is 0 Å². The first kappa shape index (κ1) is 19.0. The molecular weight excluding hydrogens is 438 g/mol. The first-order valence-corrected chi connectivity index (χ1v) is 10.8. The Morgan fingerprint density at radius 2 is 2.00 bits per heavy atom. The van der Waals surface area contributed by atoms with E-state index in [0.717, 1.165) is 22.2 Å². The Morgan fingerprint density at radius 3 is 2.79 bits per heavy atom. The van der Waals surface area contributed by atoms with E-state index in [4.69, 9.17) is 9.40 Å². The molecule has 0 spiro atoms. The van der Waals surface area contributed by atoms with Crippen molar-refractivity contribution in [1.82, 2.24) is 14.5 Å². The van der Waals surface area contributed by atoms with E-state index in [9.17, 15) is 4.79 Å². The van der Waals surface area contributed by atoms with Gasteiger partial charge in [0.05, 0.1) is 22.9 Å². The second kappa shape index (κ2) is 8.32. The highest BCUT2D eigenvalue weighted by atomic mass is 79.9. The Morgan fingerprint density at radius 1 is 1.18 bits per heavy atom. The summed E-state index contributed by atoms with van der Waals surface area (Å²) >= 11 is 4.90. The van der Waals surface area contributed by atoms with Crippen LogP contribution < -0.4 is 5.56 Å². The summed E-state index contributed by atoms with van der Waals surface area (Å²) in [6.07, 6.45) is 2.58. The van der Waals surface area contributed by atoms with Crippen LogP contribution in [0.5, 0.6) is 0 Å². The van der Waals surface area contributed by atoms with Crippen LogP contribution in [-0.4, -0.2) is 14.5 Å². The number of aromatic nitrogens is 3. The molecular formula is C21H18BrN3O2S. The van der Waals surface area contributed by atoms with Gasteiger partial charge in [0.1, 0.15) is 0 Å². The minimum absolute atomic E-state index is 0.0203. The largest absolute Gasteiger partial charge is 0.440 e. The average Bonchev–Trinajstić information content (AvgIpc) is 3.19. The molecule has 2 aromatic heterocycles. The van der Waals surface area contributed by atoms with Crippen molar-refractivity contribution in [2.75, 3.05) is 0 Å². The van der Waals surface area contributed by atoms with Gasteiger partial charge in [-0.25, -0.2) is 9.97 Å². The van der Waals surface area contributed by atoms with Gasteiger partial charge >= 0.3 is 0 Å². The number of hydrogen-bond acceptors (Lipinski definition) is 5. The SMILES string of the molecule is CCCn1c(SCc2ncc(-c3ccccc3)o2)nc2ccc(Br)cc2c1=O. The highest BCUT2D eigenvalue weighted by Crippen LogP contribution is 2.26. The zero-order valence-electron chi connectivity index (χ0n) is 15.3. The number of fused-ring (bicyclic) bond motifs is 1. The molecule has 0 aliphatic carbocycles. The van der Waals surface area contributed by atoms with E-state index in [1.807, 2.05) is 55.5 Å². The number of halogens is 1. The minimum atomic E-state index is -0.0203. The number of nitrogens with zero attached hydrogens (tertiary/aromatic N) is 3. The van der Waals surface area contributed by atoms with Crippen molar-refractivity contribution in [3.05, 3.63) is 75.4 Å². The van der Waals surface area contributed by atoms with Crippen LogP contribution in [0.3, 0.4) is 0 Å². The van der Waals surface area contributed by atoms with Gasteiger partial charge in [0.15, 0.2) is 10.9 Å². The lowest BCUT2D eigenvalue weighted by Crippen LogP contribution is -2.23. The van der Waals surface area contributed by atoms with Gasteiger partial charge in [0.25, 0.3) is 5.56 Å². The fraction of sp³-hybridized carbons (Fsp3) is 0.190. The molecule has 0 fully saturated rings. The molecule has 7 heteroatoms. The summed E-state index contributed by atoms with van der Waals surface area (Å²) in [5.74, 6) is 1.85. The topological polar surface area (TPSA) is 60.9 Å². The molecule has 2 aromatic carbocycles. The van der Waals surface area contributed by atoms with Crippen molar-refractivity contribution in [3.8, 4) is 11.3 Å². The molecule has 5 nitrogen and oxygen atoms in total. The summed E-state index contributed by atoms with van der Waals surface area (Å²) in [5.41, 5.74) is 1.66. The molecule has 0 saturated heterocycles. The van der Waals surface area contributed by atoms with Crippen LogP contribution in [0.25, 0.3) is 22.2 Å². The highest BCUT2D eigenvalue weighted by Gasteiger charge is 2.13. The normalized spacial score (nSPS) is 11.2. The van der Waals surface area contributed by atoms with E-state index in [1.54, 1.807) is 10.8 Å². The van der Waals surface area contributed by atoms with Crippen molar-refractivity contribution in [2.45, 2.75) is 30.8 Å². The molecule has 28 heavy (non-hydrogen) atoms. The third kappa shape index (κ3) is 3.91. The van der Waals surface area contributed by atoms with E-state index in [-0.39, 0.29) is 5.56 Å². The predicted octanol–water partition coefficient (Wildman–Crippen LogP) is 5.52. The van der Waals surface area contributed by atoms with Gasteiger partial charge in [-0.2, -0.15) is 0 Å². The molecule has 0 radical (unpaired) electrons. The molecule has 0 unspecified atom stereocenters. The van der Waals surface area contributed by atoms with Crippen LogP contribution in [-0.2, 0) is 12.3 Å². The Bertz CT molecular complexity index is 1170. The maximum absolute atomic E-state index is 12.9. The Hall–Kier alpha value is -2.38. The number of thioether (sulfide) groups is 1. The van der Waals surface area contributed by atoms with Gasteiger partial charge in [-0.3, -0.25) is 9.36 Å². The van der Waals surface area contributed by atoms with E-state index in [0.29, 0.717) is 34.2 Å². The van der Waals surface area contributed by atoms with Gasteiger partial charge in [0.2, 0.25) is 5.89 Å². The first-order valence-electron chi connectivity index (χ1n) is 8.98. The lowest BCUT2D eigenvalue weighted by Gasteiger charge is -2.11. The van der Waals surface area contributed by atoms with E-state index in [2.05, 4.69) is 20.9 Å². The van der Waals surface area contributed by atoms with Crippen LogP contribution in [0, 0.1) is 0 Å². The zero-order chi connectivity index (χ0) is 19.5. The van der Waals surface area contributed by atoms with Crippen molar-refractivity contribution in [3.63, 3.8) is 0 Å². The highest BCUT2D eigenvalue weighted by molar-refractivity contribution is 9.10. The molecule has 0 aliphatic rings. The Balaban J connectivity index is 1.63. The van der Waals surface area contributed by atoms with Crippen LogP contribution in [0.1, 0.15) is 19.2 Å². The third-order valence-corrected chi connectivity index (χ3v) is 5.72. The standard InChI is InChI=1S/C21H18BrN3O2S/c1-2-10-25-20(26)16-11-15(22)8-9-17(16)24-21(25)28-13-19-23-12-18(27-19)14-6-4-3-5-7-14/h3-9,11-12H,2,10,13H2,1H3.